The molecule has 1 aromatic rings. The number of amides is 1. The summed E-state index contributed by atoms with van der Waals surface area (Å²) < 4.78 is 5.76. The van der Waals surface area contributed by atoms with Crippen LogP contribution in [0.25, 0.3) is 0 Å². The fourth-order valence-electron chi connectivity index (χ4n) is 3.13. The lowest BCUT2D eigenvalue weighted by molar-refractivity contribution is -0.142. The Balaban J connectivity index is 1.45. The molecule has 1 saturated heterocycles. The predicted octanol–water partition coefficient (Wildman–Crippen LogP) is 0.655. The largest absolute Gasteiger partial charge is 0.488 e. The van der Waals surface area contributed by atoms with Crippen molar-refractivity contribution in [2.45, 2.75) is 31.4 Å². The number of hydrogen-bond acceptors (Lipinski definition) is 4. The van der Waals surface area contributed by atoms with Crippen LogP contribution in [-0.2, 0) is 16.0 Å². The van der Waals surface area contributed by atoms with Gasteiger partial charge in [0.2, 0.25) is 5.91 Å². The summed E-state index contributed by atoms with van der Waals surface area (Å²) in [7, 11) is 0. The monoisotopic (exact) mass is 304 g/mol. The molecule has 22 heavy (non-hydrogen) atoms. The van der Waals surface area contributed by atoms with Gasteiger partial charge in [-0.25, -0.2) is 0 Å². The molecule has 1 amide bonds. The van der Waals surface area contributed by atoms with Crippen LogP contribution in [0, 0.1) is 0 Å². The van der Waals surface area contributed by atoms with Crippen LogP contribution in [0.15, 0.2) is 24.3 Å². The molecule has 2 atom stereocenters. The second kappa shape index (κ2) is 6.36. The molecule has 6 heteroatoms. The first kappa shape index (κ1) is 14.8. The molecule has 2 aliphatic heterocycles. The molecule has 0 bridgehead atoms. The SMILES string of the molecule is O=C(CN1CCC[C@@H]1C(=O)O)NC[C@@H]1Cc2ccccc2O1. The summed E-state index contributed by atoms with van der Waals surface area (Å²) in [6.45, 7) is 1.24. The number of carbonyl (C=O) groups excluding carboxylic acids is 1. The Morgan fingerprint density at radius 1 is 1.36 bits per heavy atom. The fraction of sp³-hybridized carbons (Fsp3) is 0.500. The molecule has 0 spiro atoms. The second-order valence-electron chi connectivity index (χ2n) is 5.82. The number of nitrogens with zero attached hydrogens (tertiary/aromatic N) is 1. The van der Waals surface area contributed by atoms with Crippen molar-refractivity contribution in [3.63, 3.8) is 0 Å². The van der Waals surface area contributed by atoms with Gasteiger partial charge in [-0.05, 0) is 31.0 Å². The molecule has 6 nitrogen and oxygen atoms in total. The normalized spacial score (nSPS) is 23.8. The Morgan fingerprint density at radius 2 is 2.18 bits per heavy atom. The summed E-state index contributed by atoms with van der Waals surface area (Å²) in [5.41, 5.74) is 1.16. The van der Waals surface area contributed by atoms with Crippen molar-refractivity contribution in [2.75, 3.05) is 19.6 Å². The van der Waals surface area contributed by atoms with Gasteiger partial charge in [0.05, 0.1) is 13.1 Å². The molecular weight excluding hydrogens is 284 g/mol. The third-order valence-electron chi connectivity index (χ3n) is 4.24. The van der Waals surface area contributed by atoms with Gasteiger partial charge in [0, 0.05) is 6.42 Å². The first-order valence-corrected chi connectivity index (χ1v) is 7.61. The highest BCUT2D eigenvalue weighted by Crippen LogP contribution is 2.27. The summed E-state index contributed by atoms with van der Waals surface area (Å²) in [6.07, 6.45) is 2.18. The highest BCUT2D eigenvalue weighted by atomic mass is 16.5. The van der Waals surface area contributed by atoms with E-state index >= 15 is 0 Å². The summed E-state index contributed by atoms with van der Waals surface area (Å²) in [5.74, 6) is -0.111. The molecule has 0 saturated carbocycles. The molecule has 2 N–H and O–H groups in total. The van der Waals surface area contributed by atoms with Gasteiger partial charge in [0.15, 0.2) is 0 Å². The Hall–Kier alpha value is -2.08. The van der Waals surface area contributed by atoms with E-state index in [0.717, 1.165) is 24.2 Å². The molecule has 1 fully saturated rings. The highest BCUT2D eigenvalue weighted by molar-refractivity contribution is 5.80. The van der Waals surface area contributed by atoms with Gasteiger partial charge in [0.1, 0.15) is 17.9 Å². The van der Waals surface area contributed by atoms with E-state index < -0.39 is 12.0 Å². The van der Waals surface area contributed by atoms with Crippen molar-refractivity contribution >= 4 is 11.9 Å². The second-order valence-corrected chi connectivity index (χ2v) is 5.82. The van der Waals surface area contributed by atoms with Crippen LogP contribution in [0.1, 0.15) is 18.4 Å². The number of carbonyl (C=O) groups is 2. The van der Waals surface area contributed by atoms with E-state index in [4.69, 9.17) is 9.84 Å². The van der Waals surface area contributed by atoms with Crippen molar-refractivity contribution in [3.8, 4) is 5.75 Å². The summed E-state index contributed by atoms with van der Waals surface area (Å²) in [6, 6.07) is 7.33. The van der Waals surface area contributed by atoms with E-state index in [2.05, 4.69) is 5.32 Å². The molecule has 118 valence electrons. The Kier molecular flexibility index (Phi) is 4.29. The summed E-state index contributed by atoms with van der Waals surface area (Å²) in [5, 5.41) is 12.0. The quantitative estimate of drug-likeness (QED) is 0.835. The van der Waals surface area contributed by atoms with Crippen molar-refractivity contribution in [1.29, 1.82) is 0 Å². The number of para-hydroxylation sites is 1. The predicted molar refractivity (Wildman–Crippen MR) is 79.8 cm³/mol. The molecule has 3 rings (SSSR count). The number of fused-ring (bicyclic) bond motifs is 1. The lowest BCUT2D eigenvalue weighted by atomic mass is 10.1. The highest BCUT2D eigenvalue weighted by Gasteiger charge is 2.31. The van der Waals surface area contributed by atoms with Gasteiger partial charge in [-0.1, -0.05) is 18.2 Å². The molecule has 2 aliphatic rings. The van der Waals surface area contributed by atoms with Crippen LogP contribution < -0.4 is 10.1 Å². The minimum absolute atomic E-state index is 0.0461. The topological polar surface area (TPSA) is 78.9 Å². The van der Waals surface area contributed by atoms with Crippen LogP contribution in [0.3, 0.4) is 0 Å². The molecule has 0 aliphatic carbocycles. The van der Waals surface area contributed by atoms with Crippen LogP contribution >= 0.6 is 0 Å². The van der Waals surface area contributed by atoms with Crippen molar-refractivity contribution in [3.05, 3.63) is 29.8 Å². The average molecular weight is 304 g/mol. The molecular formula is C16H20N2O4. The Bertz CT molecular complexity index is 550. The minimum Gasteiger partial charge on any atom is -0.488 e. The van der Waals surface area contributed by atoms with E-state index in [1.165, 1.54) is 0 Å². The zero-order chi connectivity index (χ0) is 15.5. The number of ether oxygens (including phenoxy) is 1. The molecule has 0 unspecified atom stereocenters. The molecule has 0 aromatic heterocycles. The van der Waals surface area contributed by atoms with Gasteiger partial charge < -0.3 is 15.2 Å². The number of hydrogen-bond donors (Lipinski definition) is 2. The lowest BCUT2D eigenvalue weighted by Gasteiger charge is -2.20. The molecule has 2 heterocycles. The molecule has 1 aromatic carbocycles. The third-order valence-corrected chi connectivity index (χ3v) is 4.24. The van der Waals surface area contributed by atoms with E-state index in [1.807, 2.05) is 24.3 Å². The first-order valence-electron chi connectivity index (χ1n) is 7.61. The van der Waals surface area contributed by atoms with Gasteiger partial charge >= 0.3 is 5.97 Å². The van der Waals surface area contributed by atoms with E-state index in [9.17, 15) is 9.59 Å². The van der Waals surface area contributed by atoms with Crippen LogP contribution in [0.5, 0.6) is 5.75 Å². The Labute approximate surface area is 129 Å². The number of carboxylic acids is 1. The first-order chi connectivity index (χ1) is 10.6. The minimum atomic E-state index is -0.847. The summed E-state index contributed by atoms with van der Waals surface area (Å²) >= 11 is 0. The van der Waals surface area contributed by atoms with Gasteiger partial charge in [-0.15, -0.1) is 0 Å². The summed E-state index contributed by atoms with van der Waals surface area (Å²) in [4.78, 5) is 24.8. The number of benzene rings is 1. The van der Waals surface area contributed by atoms with Crippen molar-refractivity contribution < 1.29 is 19.4 Å². The zero-order valence-corrected chi connectivity index (χ0v) is 12.3. The van der Waals surface area contributed by atoms with Crippen LogP contribution in [0.2, 0.25) is 0 Å². The maximum atomic E-state index is 12.0. The van der Waals surface area contributed by atoms with Gasteiger partial charge in [-0.2, -0.15) is 0 Å². The fourth-order valence-corrected chi connectivity index (χ4v) is 3.13. The van der Waals surface area contributed by atoms with Crippen LogP contribution in [0.4, 0.5) is 0 Å². The lowest BCUT2D eigenvalue weighted by Crippen LogP contribution is -2.44. The van der Waals surface area contributed by atoms with E-state index in [0.29, 0.717) is 19.5 Å². The smallest absolute Gasteiger partial charge is 0.320 e. The van der Waals surface area contributed by atoms with Crippen molar-refractivity contribution in [1.82, 2.24) is 10.2 Å². The van der Waals surface area contributed by atoms with Crippen molar-refractivity contribution in [2.24, 2.45) is 0 Å². The average Bonchev–Trinajstić information content (AvgIpc) is 3.10. The van der Waals surface area contributed by atoms with E-state index in [-0.39, 0.29) is 18.6 Å². The zero-order valence-electron chi connectivity index (χ0n) is 12.3. The number of likely N-dealkylation sites (tertiary alicyclic amines) is 1. The number of aliphatic carboxylic acids is 1. The Morgan fingerprint density at radius 3 is 2.95 bits per heavy atom. The number of carboxylic acid groups (broad SMARTS) is 1. The third kappa shape index (κ3) is 3.22. The van der Waals surface area contributed by atoms with Gasteiger partial charge in [0.25, 0.3) is 0 Å². The maximum Gasteiger partial charge on any atom is 0.320 e. The van der Waals surface area contributed by atoms with E-state index in [1.54, 1.807) is 4.90 Å². The standard InChI is InChI=1S/C16H20N2O4/c19-15(10-18-7-3-5-13(18)16(20)21)17-9-12-8-11-4-1-2-6-14(11)22-12/h1-2,4,6,12-13H,3,5,7-10H2,(H,17,19)(H,20,21)/t12-,13+/m0/s1. The maximum absolute atomic E-state index is 12.0. The number of nitrogens with one attached hydrogen (secondary N) is 1. The van der Waals surface area contributed by atoms with Crippen LogP contribution in [-0.4, -0.2) is 53.7 Å². The number of rotatable bonds is 5. The van der Waals surface area contributed by atoms with Gasteiger partial charge in [-0.3, -0.25) is 14.5 Å². The molecule has 0 radical (unpaired) electrons.